The molecule has 3 rings (SSSR count). The standard InChI is InChI=1S/C18H27N3O2.HI/c1-2-19-17(21-13-18(22)9-5-6-10-18)20-12-15-11-14-7-3-4-8-16(14)23-15;/h3-4,7-8,15,22H,2,5-6,9-13H2,1H3,(H2,19,20,21);1H. The van der Waals surface area contributed by atoms with Gasteiger partial charge in [-0.15, -0.1) is 24.0 Å². The molecule has 1 atom stereocenters. The molecule has 1 saturated carbocycles. The average molecular weight is 445 g/mol. The lowest BCUT2D eigenvalue weighted by Crippen LogP contribution is -2.43. The average Bonchev–Trinajstić information content (AvgIpc) is 3.16. The van der Waals surface area contributed by atoms with Gasteiger partial charge >= 0.3 is 0 Å². The molecule has 1 aliphatic carbocycles. The number of hydrogen-bond acceptors (Lipinski definition) is 3. The minimum atomic E-state index is -0.609. The highest BCUT2D eigenvalue weighted by Gasteiger charge is 2.31. The Morgan fingerprint density at radius 3 is 2.75 bits per heavy atom. The molecule has 6 heteroatoms. The summed E-state index contributed by atoms with van der Waals surface area (Å²) in [5, 5.41) is 17.0. The lowest BCUT2D eigenvalue weighted by molar-refractivity contribution is 0.0574. The van der Waals surface area contributed by atoms with Crippen LogP contribution in [0.4, 0.5) is 0 Å². The van der Waals surface area contributed by atoms with Crippen LogP contribution in [0.5, 0.6) is 5.75 Å². The lowest BCUT2D eigenvalue weighted by atomic mass is 10.0. The zero-order valence-electron chi connectivity index (χ0n) is 14.3. The lowest BCUT2D eigenvalue weighted by Gasteiger charge is -2.21. The van der Waals surface area contributed by atoms with E-state index in [1.165, 1.54) is 5.56 Å². The number of hydrogen-bond donors (Lipinski definition) is 3. The number of nitrogens with zero attached hydrogens (tertiary/aromatic N) is 1. The molecule has 0 saturated heterocycles. The Labute approximate surface area is 161 Å². The minimum Gasteiger partial charge on any atom is -0.488 e. The van der Waals surface area contributed by atoms with E-state index in [4.69, 9.17) is 4.74 Å². The number of nitrogens with one attached hydrogen (secondary N) is 2. The zero-order valence-corrected chi connectivity index (χ0v) is 16.6. The van der Waals surface area contributed by atoms with Gasteiger partial charge in [-0.05, 0) is 31.4 Å². The van der Waals surface area contributed by atoms with Crippen molar-refractivity contribution in [1.29, 1.82) is 0 Å². The molecule has 0 radical (unpaired) electrons. The van der Waals surface area contributed by atoms with Gasteiger partial charge in [0.25, 0.3) is 0 Å². The number of aliphatic imine (C=N–C) groups is 1. The quantitative estimate of drug-likeness (QED) is 0.370. The molecule has 2 aliphatic rings. The summed E-state index contributed by atoms with van der Waals surface area (Å²) < 4.78 is 5.94. The van der Waals surface area contributed by atoms with E-state index >= 15 is 0 Å². The van der Waals surface area contributed by atoms with E-state index in [0.29, 0.717) is 13.1 Å². The summed E-state index contributed by atoms with van der Waals surface area (Å²) in [5.41, 5.74) is 0.657. The number of rotatable bonds is 5. The molecule has 1 aliphatic heterocycles. The highest BCUT2D eigenvalue weighted by Crippen LogP contribution is 2.29. The fourth-order valence-electron chi connectivity index (χ4n) is 3.34. The Balaban J connectivity index is 0.00000208. The Kier molecular flexibility index (Phi) is 7.16. The van der Waals surface area contributed by atoms with Gasteiger partial charge in [-0.25, -0.2) is 0 Å². The van der Waals surface area contributed by atoms with Crippen LogP contribution in [0.1, 0.15) is 38.2 Å². The van der Waals surface area contributed by atoms with Gasteiger partial charge in [-0.3, -0.25) is 4.99 Å². The SMILES string of the molecule is CCNC(=NCC1(O)CCCC1)NCC1Cc2ccccc2O1.I. The first-order valence-corrected chi connectivity index (χ1v) is 8.68. The molecule has 3 N–H and O–H groups in total. The third-order valence-corrected chi connectivity index (χ3v) is 4.62. The van der Waals surface area contributed by atoms with Crippen LogP contribution in [0, 0.1) is 0 Å². The molecule has 0 amide bonds. The van der Waals surface area contributed by atoms with E-state index < -0.39 is 5.60 Å². The minimum absolute atomic E-state index is 0. The molecule has 0 spiro atoms. The van der Waals surface area contributed by atoms with Crippen LogP contribution in [-0.2, 0) is 6.42 Å². The van der Waals surface area contributed by atoms with E-state index in [0.717, 1.165) is 50.4 Å². The van der Waals surface area contributed by atoms with Crippen molar-refractivity contribution < 1.29 is 9.84 Å². The predicted octanol–water partition coefficient (Wildman–Crippen LogP) is 2.47. The van der Waals surface area contributed by atoms with Crippen molar-refractivity contribution in [2.75, 3.05) is 19.6 Å². The Morgan fingerprint density at radius 1 is 1.29 bits per heavy atom. The number of para-hydroxylation sites is 1. The van der Waals surface area contributed by atoms with Crippen LogP contribution < -0.4 is 15.4 Å². The second-order valence-corrected chi connectivity index (χ2v) is 6.56. The zero-order chi connectivity index (χ0) is 16.1. The van der Waals surface area contributed by atoms with Crippen LogP contribution in [0.3, 0.4) is 0 Å². The van der Waals surface area contributed by atoms with Crippen LogP contribution >= 0.6 is 24.0 Å². The first kappa shape index (κ1) is 19.3. The Morgan fingerprint density at radius 2 is 2.04 bits per heavy atom. The van der Waals surface area contributed by atoms with Crippen LogP contribution in [0.2, 0.25) is 0 Å². The van der Waals surface area contributed by atoms with Gasteiger partial charge in [0.15, 0.2) is 5.96 Å². The highest BCUT2D eigenvalue weighted by molar-refractivity contribution is 14.0. The maximum absolute atomic E-state index is 10.4. The molecular weight excluding hydrogens is 417 g/mol. The summed E-state index contributed by atoms with van der Waals surface area (Å²) in [6, 6.07) is 8.18. The van der Waals surface area contributed by atoms with Gasteiger partial charge in [-0.1, -0.05) is 31.0 Å². The second kappa shape index (κ2) is 8.89. The van der Waals surface area contributed by atoms with E-state index in [1.54, 1.807) is 0 Å². The fraction of sp³-hybridized carbons (Fsp3) is 0.611. The normalized spacial score (nSPS) is 21.6. The summed E-state index contributed by atoms with van der Waals surface area (Å²) in [4.78, 5) is 4.57. The number of ether oxygens (including phenoxy) is 1. The van der Waals surface area contributed by atoms with E-state index in [2.05, 4.69) is 21.7 Å². The van der Waals surface area contributed by atoms with Crippen LogP contribution in [-0.4, -0.2) is 42.4 Å². The summed E-state index contributed by atoms with van der Waals surface area (Å²) in [6.07, 6.45) is 4.97. The molecule has 1 unspecified atom stereocenters. The predicted molar refractivity (Wildman–Crippen MR) is 107 cm³/mol. The van der Waals surface area contributed by atoms with E-state index in [9.17, 15) is 5.11 Å². The van der Waals surface area contributed by atoms with Crippen molar-refractivity contribution in [2.45, 2.75) is 50.7 Å². The summed E-state index contributed by atoms with van der Waals surface area (Å²) in [5.74, 6) is 1.74. The first-order valence-electron chi connectivity index (χ1n) is 8.68. The molecule has 0 aromatic heterocycles. The van der Waals surface area contributed by atoms with Gasteiger partial charge < -0.3 is 20.5 Å². The Hall–Kier alpha value is -1.02. The number of halogens is 1. The third kappa shape index (κ3) is 4.99. The first-order chi connectivity index (χ1) is 11.2. The summed E-state index contributed by atoms with van der Waals surface area (Å²) in [6.45, 7) is 4.02. The number of benzene rings is 1. The molecular formula is C18H28IN3O2. The molecule has 5 nitrogen and oxygen atoms in total. The second-order valence-electron chi connectivity index (χ2n) is 6.56. The van der Waals surface area contributed by atoms with E-state index in [-0.39, 0.29) is 30.1 Å². The molecule has 134 valence electrons. The molecule has 1 fully saturated rings. The largest absolute Gasteiger partial charge is 0.488 e. The maximum Gasteiger partial charge on any atom is 0.191 e. The van der Waals surface area contributed by atoms with Crippen molar-refractivity contribution in [2.24, 2.45) is 4.99 Å². The van der Waals surface area contributed by atoms with Gasteiger partial charge in [0.2, 0.25) is 0 Å². The number of aliphatic hydroxyl groups is 1. The Bertz CT molecular complexity index is 534. The van der Waals surface area contributed by atoms with E-state index in [1.807, 2.05) is 25.1 Å². The molecule has 24 heavy (non-hydrogen) atoms. The fourth-order valence-corrected chi connectivity index (χ4v) is 3.34. The van der Waals surface area contributed by atoms with Gasteiger partial charge in [-0.2, -0.15) is 0 Å². The van der Waals surface area contributed by atoms with Gasteiger partial charge in [0.1, 0.15) is 11.9 Å². The molecule has 1 aromatic carbocycles. The van der Waals surface area contributed by atoms with Crippen molar-refractivity contribution in [3.8, 4) is 5.75 Å². The van der Waals surface area contributed by atoms with Crippen molar-refractivity contribution in [3.63, 3.8) is 0 Å². The van der Waals surface area contributed by atoms with Crippen molar-refractivity contribution in [3.05, 3.63) is 29.8 Å². The molecule has 1 aromatic rings. The van der Waals surface area contributed by atoms with Crippen molar-refractivity contribution in [1.82, 2.24) is 10.6 Å². The topological polar surface area (TPSA) is 65.9 Å². The van der Waals surface area contributed by atoms with Gasteiger partial charge in [0.05, 0.1) is 18.7 Å². The molecule has 1 heterocycles. The smallest absolute Gasteiger partial charge is 0.191 e. The highest BCUT2D eigenvalue weighted by atomic mass is 127. The summed E-state index contributed by atoms with van der Waals surface area (Å²) >= 11 is 0. The van der Waals surface area contributed by atoms with Gasteiger partial charge in [0, 0.05) is 13.0 Å². The monoisotopic (exact) mass is 445 g/mol. The van der Waals surface area contributed by atoms with Crippen LogP contribution in [0.15, 0.2) is 29.3 Å². The van der Waals surface area contributed by atoms with Crippen LogP contribution in [0.25, 0.3) is 0 Å². The molecule has 0 bridgehead atoms. The summed E-state index contributed by atoms with van der Waals surface area (Å²) in [7, 11) is 0. The third-order valence-electron chi connectivity index (χ3n) is 4.62. The maximum atomic E-state index is 10.4. The number of guanidine groups is 1. The number of fused-ring (bicyclic) bond motifs is 1. The van der Waals surface area contributed by atoms with Crippen molar-refractivity contribution >= 4 is 29.9 Å².